The van der Waals surface area contributed by atoms with Crippen molar-refractivity contribution in [3.05, 3.63) is 0 Å². The van der Waals surface area contributed by atoms with Crippen LogP contribution in [0, 0.1) is 0 Å². The van der Waals surface area contributed by atoms with Crippen LogP contribution < -0.4 is 0 Å². The molecule has 0 saturated heterocycles. The van der Waals surface area contributed by atoms with Gasteiger partial charge in [-0.1, -0.05) is 26.2 Å². The molecule has 0 aromatic rings. The van der Waals surface area contributed by atoms with Crippen LogP contribution in [0.5, 0.6) is 0 Å². The van der Waals surface area contributed by atoms with Gasteiger partial charge in [0, 0.05) is 6.61 Å². The van der Waals surface area contributed by atoms with Gasteiger partial charge in [-0.15, -0.1) is 0 Å². The van der Waals surface area contributed by atoms with Crippen molar-refractivity contribution >= 4 is 0 Å². The molecule has 0 aromatic heterocycles. The Balaban J connectivity index is 2.69. The highest BCUT2D eigenvalue weighted by Gasteiger charge is 1.88. The first-order valence-electron chi connectivity index (χ1n) is 4.15. The molecule has 3 heteroatoms. The van der Waals surface area contributed by atoms with Crippen molar-refractivity contribution in [1.82, 2.24) is 0 Å². The van der Waals surface area contributed by atoms with Crippen LogP contribution in [0.25, 0.3) is 0 Å². The molecule has 0 aliphatic rings. The molecule has 0 bridgehead atoms. The van der Waals surface area contributed by atoms with E-state index in [1.807, 2.05) is 0 Å². The zero-order chi connectivity index (χ0) is 8.36. The summed E-state index contributed by atoms with van der Waals surface area (Å²) in [7, 11) is 0. The molecular formula is C8H17O3. The summed E-state index contributed by atoms with van der Waals surface area (Å²) in [6.07, 6.45) is 4.76. The third-order valence-corrected chi connectivity index (χ3v) is 1.39. The second kappa shape index (κ2) is 9.88. The van der Waals surface area contributed by atoms with Crippen molar-refractivity contribution in [2.45, 2.75) is 32.6 Å². The first kappa shape index (κ1) is 10.9. The van der Waals surface area contributed by atoms with E-state index in [1.165, 1.54) is 19.3 Å². The van der Waals surface area contributed by atoms with E-state index in [-0.39, 0.29) is 6.79 Å². The fraction of sp³-hybridized carbons (Fsp3) is 1.00. The molecule has 0 fully saturated rings. The van der Waals surface area contributed by atoms with Gasteiger partial charge >= 0.3 is 0 Å². The molecule has 1 radical (unpaired) electrons. The minimum atomic E-state index is -0.505. The van der Waals surface area contributed by atoms with Crippen molar-refractivity contribution in [1.29, 1.82) is 0 Å². The molecule has 0 saturated carbocycles. The van der Waals surface area contributed by atoms with Gasteiger partial charge < -0.3 is 9.47 Å². The molecule has 0 N–H and O–H groups in total. The molecule has 11 heavy (non-hydrogen) atoms. The smallest absolute Gasteiger partial charge is 0.183 e. The molecule has 0 amide bonds. The van der Waals surface area contributed by atoms with Crippen LogP contribution in [0.1, 0.15) is 32.6 Å². The average molecular weight is 161 g/mol. The summed E-state index contributed by atoms with van der Waals surface area (Å²) in [6, 6.07) is 0. The Morgan fingerprint density at radius 3 is 2.55 bits per heavy atom. The zero-order valence-corrected chi connectivity index (χ0v) is 7.17. The maximum atomic E-state index is 9.76. The van der Waals surface area contributed by atoms with Crippen molar-refractivity contribution in [3.63, 3.8) is 0 Å². The van der Waals surface area contributed by atoms with E-state index in [1.54, 1.807) is 0 Å². The van der Waals surface area contributed by atoms with E-state index in [9.17, 15) is 5.11 Å². The summed E-state index contributed by atoms with van der Waals surface area (Å²) in [5.74, 6) is 0. The lowest BCUT2D eigenvalue weighted by atomic mass is 10.2. The van der Waals surface area contributed by atoms with Crippen LogP contribution in [0.2, 0.25) is 0 Å². The maximum Gasteiger partial charge on any atom is 0.183 e. The summed E-state index contributed by atoms with van der Waals surface area (Å²) < 4.78 is 9.46. The van der Waals surface area contributed by atoms with Gasteiger partial charge in [-0.2, -0.15) is 0 Å². The quantitative estimate of drug-likeness (QED) is 0.403. The Morgan fingerprint density at radius 2 is 1.91 bits per heavy atom. The summed E-state index contributed by atoms with van der Waals surface area (Å²) in [5.41, 5.74) is 0. The van der Waals surface area contributed by atoms with Gasteiger partial charge in [0.15, 0.2) is 6.79 Å². The standard InChI is InChI=1S/C8H17O3/c1-2-3-4-5-6-10-8-11-7-9/h2-8H2,1H3. The molecular weight excluding hydrogens is 144 g/mol. The Morgan fingerprint density at radius 1 is 1.09 bits per heavy atom. The number of hydrogen-bond donors (Lipinski definition) is 0. The lowest BCUT2D eigenvalue weighted by molar-refractivity contribution is -0.129. The van der Waals surface area contributed by atoms with E-state index >= 15 is 0 Å². The lowest BCUT2D eigenvalue weighted by Gasteiger charge is -2.01. The van der Waals surface area contributed by atoms with Gasteiger partial charge in [-0.25, -0.2) is 5.11 Å². The molecule has 0 aromatic carbocycles. The van der Waals surface area contributed by atoms with Crippen LogP contribution >= 0.6 is 0 Å². The Kier molecular flexibility index (Phi) is 9.77. The number of rotatable bonds is 8. The fourth-order valence-electron chi connectivity index (χ4n) is 0.783. The molecule has 0 aliphatic heterocycles. The summed E-state index contributed by atoms with van der Waals surface area (Å²) in [4.78, 5) is 0. The highest BCUT2D eigenvalue weighted by atomic mass is 16.7. The van der Waals surface area contributed by atoms with Crippen molar-refractivity contribution in [2.75, 3.05) is 20.2 Å². The zero-order valence-electron chi connectivity index (χ0n) is 7.17. The van der Waals surface area contributed by atoms with Crippen molar-refractivity contribution in [3.8, 4) is 0 Å². The first-order chi connectivity index (χ1) is 5.41. The first-order valence-corrected chi connectivity index (χ1v) is 4.15. The predicted octanol–water partition coefficient (Wildman–Crippen LogP) is 1.95. The molecule has 0 spiro atoms. The topological polar surface area (TPSA) is 38.4 Å². The molecule has 3 nitrogen and oxygen atoms in total. The van der Waals surface area contributed by atoms with E-state index in [4.69, 9.17) is 4.74 Å². The summed E-state index contributed by atoms with van der Waals surface area (Å²) in [5, 5.41) is 9.76. The Hall–Kier alpha value is -0.120. The molecule has 67 valence electrons. The van der Waals surface area contributed by atoms with Crippen LogP contribution in [0.4, 0.5) is 0 Å². The van der Waals surface area contributed by atoms with Gasteiger partial charge in [0.2, 0.25) is 0 Å². The third-order valence-electron chi connectivity index (χ3n) is 1.39. The highest BCUT2D eigenvalue weighted by molar-refractivity contribution is 4.37. The SMILES string of the molecule is CCCCCCOCOC[O]. The molecule has 0 heterocycles. The summed E-state index contributed by atoms with van der Waals surface area (Å²) >= 11 is 0. The van der Waals surface area contributed by atoms with Crippen LogP contribution in [-0.2, 0) is 14.6 Å². The largest absolute Gasteiger partial charge is 0.355 e. The normalized spacial score (nSPS) is 10.4. The van der Waals surface area contributed by atoms with Crippen LogP contribution in [-0.4, -0.2) is 20.2 Å². The average Bonchev–Trinajstić information content (AvgIpc) is 2.03. The van der Waals surface area contributed by atoms with Gasteiger partial charge in [0.05, 0.1) is 0 Å². The third kappa shape index (κ3) is 9.88. The van der Waals surface area contributed by atoms with Gasteiger partial charge in [0.25, 0.3) is 0 Å². The minimum absolute atomic E-state index is 0.148. The van der Waals surface area contributed by atoms with Crippen molar-refractivity contribution < 1.29 is 14.6 Å². The van der Waals surface area contributed by atoms with Crippen molar-refractivity contribution in [2.24, 2.45) is 0 Å². The van der Waals surface area contributed by atoms with Crippen LogP contribution in [0.15, 0.2) is 0 Å². The summed E-state index contributed by atoms with van der Waals surface area (Å²) in [6.45, 7) is 2.52. The second-order valence-electron chi connectivity index (χ2n) is 2.41. The maximum absolute atomic E-state index is 9.76. The second-order valence-corrected chi connectivity index (χ2v) is 2.41. The monoisotopic (exact) mass is 161 g/mol. The van der Waals surface area contributed by atoms with E-state index in [2.05, 4.69) is 11.7 Å². The van der Waals surface area contributed by atoms with Crippen LogP contribution in [0.3, 0.4) is 0 Å². The molecule has 0 atom stereocenters. The van der Waals surface area contributed by atoms with Gasteiger partial charge in [-0.05, 0) is 6.42 Å². The number of hydrogen-bond acceptors (Lipinski definition) is 2. The molecule has 0 aliphatic carbocycles. The molecule has 0 rings (SSSR count). The lowest BCUT2D eigenvalue weighted by Crippen LogP contribution is -2.01. The Bertz CT molecular complexity index is 58.4. The van der Waals surface area contributed by atoms with E-state index < -0.39 is 6.79 Å². The minimum Gasteiger partial charge on any atom is -0.355 e. The number of unbranched alkanes of at least 4 members (excludes halogenated alkanes) is 3. The highest BCUT2D eigenvalue weighted by Crippen LogP contribution is 1.98. The number of ether oxygens (including phenoxy) is 2. The molecule has 0 unspecified atom stereocenters. The van der Waals surface area contributed by atoms with Gasteiger partial charge in [-0.3, -0.25) is 0 Å². The Labute approximate surface area is 68.3 Å². The fourth-order valence-corrected chi connectivity index (χ4v) is 0.783. The van der Waals surface area contributed by atoms with E-state index in [0.29, 0.717) is 6.61 Å². The predicted molar refractivity (Wildman–Crippen MR) is 41.6 cm³/mol. The van der Waals surface area contributed by atoms with Gasteiger partial charge in [0.1, 0.15) is 6.79 Å². The van der Waals surface area contributed by atoms with E-state index in [0.717, 1.165) is 6.42 Å².